The molecule has 0 heterocycles. The van der Waals surface area contributed by atoms with Gasteiger partial charge in [0.05, 0.1) is 0 Å². The van der Waals surface area contributed by atoms with Gasteiger partial charge in [0, 0.05) is 10.7 Å². The molecular formula is C4H6O2S2. The molecule has 2 N–H and O–H groups in total. The highest BCUT2D eigenvalue weighted by Gasteiger charge is 2.07. The molecule has 0 radical (unpaired) electrons. The number of aliphatic hydroxyl groups is 2. The van der Waals surface area contributed by atoms with Gasteiger partial charge in [0.1, 0.15) is 12.2 Å². The van der Waals surface area contributed by atoms with Gasteiger partial charge in [-0.15, -0.1) is 0 Å². The Bertz CT molecular complexity index is 82.0. The van der Waals surface area contributed by atoms with Crippen molar-refractivity contribution in [3.63, 3.8) is 0 Å². The van der Waals surface area contributed by atoms with E-state index in [4.69, 9.17) is 10.2 Å². The highest BCUT2D eigenvalue weighted by atomic mass is 32.1. The van der Waals surface area contributed by atoms with E-state index in [1.165, 1.54) is 0 Å². The zero-order chi connectivity index (χ0) is 6.57. The van der Waals surface area contributed by atoms with E-state index >= 15 is 0 Å². The lowest BCUT2D eigenvalue weighted by molar-refractivity contribution is 0.115. The normalized spacial score (nSPS) is 16.8. The van der Waals surface area contributed by atoms with E-state index in [0.29, 0.717) is 0 Å². The molecule has 2 nitrogen and oxygen atoms in total. The third kappa shape index (κ3) is 2.42. The summed E-state index contributed by atoms with van der Waals surface area (Å²) in [6.45, 7) is 0. The van der Waals surface area contributed by atoms with Gasteiger partial charge in [0.25, 0.3) is 0 Å². The average molecular weight is 150 g/mol. The van der Waals surface area contributed by atoms with Gasteiger partial charge < -0.3 is 10.2 Å². The summed E-state index contributed by atoms with van der Waals surface area (Å²) in [5, 5.41) is 19.4. The van der Waals surface area contributed by atoms with Crippen LogP contribution < -0.4 is 0 Å². The first kappa shape index (κ1) is 8.10. The fraction of sp³-hybridized carbons (Fsp3) is 0.500. The third-order valence-electron chi connectivity index (χ3n) is 0.629. The summed E-state index contributed by atoms with van der Waals surface area (Å²) in [4.78, 5) is 0. The fourth-order valence-corrected chi connectivity index (χ4v) is 0.483. The van der Waals surface area contributed by atoms with E-state index in [0.717, 1.165) is 10.7 Å². The van der Waals surface area contributed by atoms with E-state index in [1.807, 2.05) is 0 Å². The average Bonchev–Trinajstić information content (AvgIpc) is 1.84. The van der Waals surface area contributed by atoms with Crippen LogP contribution in [-0.4, -0.2) is 33.2 Å². The highest BCUT2D eigenvalue weighted by Crippen LogP contribution is 1.85. The van der Waals surface area contributed by atoms with Crippen LogP contribution in [0.4, 0.5) is 0 Å². The number of aliphatic hydroxyl groups excluding tert-OH is 2. The summed E-state index contributed by atoms with van der Waals surface area (Å²) >= 11 is 8.63. The van der Waals surface area contributed by atoms with Crippen molar-refractivity contribution in [2.45, 2.75) is 12.2 Å². The van der Waals surface area contributed by atoms with Gasteiger partial charge in [-0.05, 0) is 0 Å². The van der Waals surface area contributed by atoms with Gasteiger partial charge in [-0.3, -0.25) is 0 Å². The molecule has 2 atom stereocenters. The van der Waals surface area contributed by atoms with Gasteiger partial charge in [0.2, 0.25) is 0 Å². The van der Waals surface area contributed by atoms with Crippen molar-refractivity contribution >= 4 is 35.2 Å². The Balaban J connectivity index is 3.60. The molecule has 0 saturated carbocycles. The van der Waals surface area contributed by atoms with Gasteiger partial charge in [-0.1, -0.05) is 24.4 Å². The number of hydrogen-bond donors (Lipinski definition) is 2. The highest BCUT2D eigenvalue weighted by molar-refractivity contribution is 7.79. The van der Waals surface area contributed by atoms with Crippen molar-refractivity contribution in [2.75, 3.05) is 0 Å². The minimum atomic E-state index is -0.998. The maximum Gasteiger partial charge on any atom is 0.113 e. The largest absolute Gasteiger partial charge is 0.385 e. The SMILES string of the molecule is OC(C=S)C(O)C=S. The molecule has 0 aliphatic heterocycles. The molecule has 8 heavy (non-hydrogen) atoms. The standard InChI is InChI=1S/C4H6O2S2/c5-3(1-7)4(6)2-8/h1-6H. The van der Waals surface area contributed by atoms with Gasteiger partial charge in [0.15, 0.2) is 0 Å². The number of rotatable bonds is 3. The van der Waals surface area contributed by atoms with Crippen LogP contribution in [0.5, 0.6) is 0 Å². The molecule has 2 unspecified atom stereocenters. The van der Waals surface area contributed by atoms with Crippen molar-refractivity contribution in [1.82, 2.24) is 0 Å². The van der Waals surface area contributed by atoms with Crippen molar-refractivity contribution in [1.29, 1.82) is 0 Å². The summed E-state index contributed by atoms with van der Waals surface area (Å²) in [5.74, 6) is 0. The van der Waals surface area contributed by atoms with E-state index in [9.17, 15) is 0 Å². The molecule has 0 aliphatic carbocycles. The van der Waals surface area contributed by atoms with Crippen LogP contribution in [0.2, 0.25) is 0 Å². The lowest BCUT2D eigenvalue weighted by atomic mass is 10.3. The molecule has 0 aromatic carbocycles. The summed E-state index contributed by atoms with van der Waals surface area (Å²) in [7, 11) is 0. The zero-order valence-corrected chi connectivity index (χ0v) is 5.65. The molecule has 0 aliphatic rings. The predicted molar refractivity (Wildman–Crippen MR) is 39.3 cm³/mol. The molecule has 0 saturated heterocycles. The van der Waals surface area contributed by atoms with E-state index < -0.39 is 12.2 Å². The topological polar surface area (TPSA) is 40.5 Å². The summed E-state index contributed by atoms with van der Waals surface area (Å²) < 4.78 is 0. The second kappa shape index (κ2) is 4.03. The molecule has 0 bridgehead atoms. The lowest BCUT2D eigenvalue weighted by Crippen LogP contribution is -2.26. The molecule has 0 fully saturated rings. The first-order valence-electron chi connectivity index (χ1n) is 1.99. The molecular weight excluding hydrogens is 144 g/mol. The van der Waals surface area contributed by atoms with Crippen LogP contribution in [0.15, 0.2) is 0 Å². The summed E-state index contributed by atoms with van der Waals surface area (Å²) in [6.07, 6.45) is -2.00. The molecule has 4 heteroatoms. The van der Waals surface area contributed by atoms with Crippen LogP contribution >= 0.6 is 24.4 Å². The first-order valence-corrected chi connectivity index (χ1v) is 2.93. The Morgan fingerprint density at radius 2 is 1.25 bits per heavy atom. The van der Waals surface area contributed by atoms with Gasteiger partial charge in [-0.2, -0.15) is 0 Å². The Hall–Kier alpha value is 0.100. The minimum absolute atomic E-state index is 0.998. The molecule has 0 rings (SSSR count). The molecule has 0 aromatic heterocycles. The number of hydrogen-bond acceptors (Lipinski definition) is 4. The predicted octanol–water partition coefficient (Wildman–Crippen LogP) is -0.292. The van der Waals surface area contributed by atoms with E-state index in [2.05, 4.69) is 24.4 Å². The van der Waals surface area contributed by atoms with E-state index in [1.54, 1.807) is 0 Å². The smallest absolute Gasteiger partial charge is 0.113 e. The van der Waals surface area contributed by atoms with Crippen molar-refractivity contribution < 1.29 is 10.2 Å². The van der Waals surface area contributed by atoms with Gasteiger partial charge in [-0.25, -0.2) is 0 Å². The first-order chi connectivity index (χ1) is 3.72. The maximum atomic E-state index is 8.62. The Labute approximate surface area is 58.1 Å². The Kier molecular flexibility index (Phi) is 4.08. The van der Waals surface area contributed by atoms with Crippen LogP contribution in [0, 0.1) is 0 Å². The van der Waals surface area contributed by atoms with Crippen LogP contribution in [0.3, 0.4) is 0 Å². The van der Waals surface area contributed by atoms with Crippen molar-refractivity contribution in [3.05, 3.63) is 0 Å². The number of thiocarbonyl (C=S) groups is 2. The molecule has 0 aromatic rings. The van der Waals surface area contributed by atoms with Crippen molar-refractivity contribution in [3.8, 4) is 0 Å². The zero-order valence-electron chi connectivity index (χ0n) is 4.02. The monoisotopic (exact) mass is 150 g/mol. The Morgan fingerprint density at radius 3 is 1.38 bits per heavy atom. The van der Waals surface area contributed by atoms with Crippen LogP contribution in [0.25, 0.3) is 0 Å². The Morgan fingerprint density at radius 1 is 1.00 bits per heavy atom. The van der Waals surface area contributed by atoms with E-state index in [-0.39, 0.29) is 0 Å². The van der Waals surface area contributed by atoms with Crippen LogP contribution in [0.1, 0.15) is 0 Å². The molecule has 46 valence electrons. The second-order valence-electron chi connectivity index (χ2n) is 1.25. The van der Waals surface area contributed by atoms with Gasteiger partial charge >= 0.3 is 0 Å². The van der Waals surface area contributed by atoms with Crippen molar-refractivity contribution in [2.24, 2.45) is 0 Å². The maximum absolute atomic E-state index is 8.62. The summed E-state index contributed by atoms with van der Waals surface area (Å²) in [6, 6.07) is 0. The minimum Gasteiger partial charge on any atom is -0.385 e. The second-order valence-corrected chi connectivity index (χ2v) is 1.80. The van der Waals surface area contributed by atoms with Crippen LogP contribution in [-0.2, 0) is 0 Å². The molecule has 0 spiro atoms. The summed E-state index contributed by atoms with van der Waals surface area (Å²) in [5.41, 5.74) is 0. The third-order valence-corrected chi connectivity index (χ3v) is 1.19. The quantitative estimate of drug-likeness (QED) is 0.542. The fourth-order valence-electron chi connectivity index (χ4n) is 0.161. The molecule has 0 amide bonds. The lowest BCUT2D eigenvalue weighted by Gasteiger charge is -2.04.